The Hall–Kier alpha value is -2.82. The molecule has 0 spiro atoms. The number of nitrogens with two attached hydrogens (primary N) is 1. The second-order valence-electron chi connectivity index (χ2n) is 14.1. The van der Waals surface area contributed by atoms with E-state index in [0.29, 0.717) is 19.3 Å². The number of carboxylic acid groups (broad SMARTS) is 1. The molecule has 0 fully saturated rings. The molecule has 0 aromatic carbocycles. The molecule has 12 heteroatoms. The Bertz CT molecular complexity index is 1180. The minimum Gasteiger partial charge on any atom is -0.480 e. The Labute approximate surface area is 338 Å². The highest BCUT2D eigenvalue weighted by molar-refractivity contribution is 7.47. The number of carboxylic acids is 1. The Morgan fingerprint density at radius 1 is 0.554 bits per heavy atom. The Balaban J connectivity index is 4.51. The third-order valence-electron chi connectivity index (χ3n) is 8.74. The third kappa shape index (κ3) is 38.1. The fourth-order valence-corrected chi connectivity index (χ4v) is 6.12. The zero-order valence-electron chi connectivity index (χ0n) is 34.7. The smallest absolute Gasteiger partial charge is 0.472 e. The molecule has 322 valence electrons. The lowest BCUT2D eigenvalue weighted by atomic mass is 10.1. The summed E-state index contributed by atoms with van der Waals surface area (Å²) in [4.78, 5) is 45.9. The van der Waals surface area contributed by atoms with E-state index in [9.17, 15) is 23.8 Å². The molecule has 0 aliphatic heterocycles. The van der Waals surface area contributed by atoms with Gasteiger partial charge in [-0.05, 0) is 77.0 Å². The van der Waals surface area contributed by atoms with E-state index in [-0.39, 0.29) is 19.4 Å². The first kappa shape index (κ1) is 53.2. The average molecular weight is 810 g/mol. The van der Waals surface area contributed by atoms with Crippen LogP contribution in [0.2, 0.25) is 0 Å². The van der Waals surface area contributed by atoms with Gasteiger partial charge in [0.15, 0.2) is 6.10 Å². The van der Waals surface area contributed by atoms with Gasteiger partial charge in [0.2, 0.25) is 0 Å². The van der Waals surface area contributed by atoms with Gasteiger partial charge in [0.05, 0.1) is 13.2 Å². The van der Waals surface area contributed by atoms with Crippen molar-refractivity contribution in [1.82, 2.24) is 0 Å². The first-order valence-electron chi connectivity index (χ1n) is 21.3. The van der Waals surface area contributed by atoms with E-state index in [1.165, 1.54) is 70.6 Å². The van der Waals surface area contributed by atoms with Crippen LogP contribution in [-0.4, -0.2) is 59.9 Å². The summed E-state index contributed by atoms with van der Waals surface area (Å²) in [5.74, 6) is -2.48. The van der Waals surface area contributed by atoms with Gasteiger partial charge in [-0.15, -0.1) is 0 Å². The molecule has 4 N–H and O–H groups in total. The summed E-state index contributed by atoms with van der Waals surface area (Å²) in [7, 11) is -4.73. The van der Waals surface area contributed by atoms with Crippen molar-refractivity contribution in [3.63, 3.8) is 0 Å². The second-order valence-corrected chi connectivity index (χ2v) is 15.6. The fourth-order valence-electron chi connectivity index (χ4n) is 5.34. The van der Waals surface area contributed by atoms with Gasteiger partial charge in [-0.2, -0.15) is 0 Å². The van der Waals surface area contributed by atoms with Crippen molar-refractivity contribution < 1.29 is 47.5 Å². The molecular formula is C44H76NO10P. The van der Waals surface area contributed by atoms with Crippen molar-refractivity contribution >= 4 is 25.7 Å². The Kier molecular flexibility index (Phi) is 37.1. The zero-order chi connectivity index (χ0) is 41.4. The molecule has 56 heavy (non-hydrogen) atoms. The molecule has 0 aromatic heterocycles. The maximum absolute atomic E-state index is 12.6. The molecular weight excluding hydrogens is 733 g/mol. The highest BCUT2D eigenvalue weighted by atomic mass is 31.2. The highest BCUT2D eigenvalue weighted by Crippen LogP contribution is 2.43. The van der Waals surface area contributed by atoms with Crippen molar-refractivity contribution in [2.24, 2.45) is 5.73 Å². The number of hydrogen-bond acceptors (Lipinski definition) is 9. The first-order valence-corrected chi connectivity index (χ1v) is 22.8. The highest BCUT2D eigenvalue weighted by Gasteiger charge is 2.28. The largest absolute Gasteiger partial charge is 0.480 e. The van der Waals surface area contributed by atoms with Crippen molar-refractivity contribution in [3.05, 3.63) is 60.8 Å². The number of carbonyl (C=O) groups excluding carboxylic acids is 2. The Morgan fingerprint density at radius 2 is 0.964 bits per heavy atom. The summed E-state index contributed by atoms with van der Waals surface area (Å²) in [6, 6.07) is -1.53. The Morgan fingerprint density at radius 3 is 1.52 bits per heavy atom. The summed E-state index contributed by atoms with van der Waals surface area (Å²) in [5.41, 5.74) is 5.32. The normalized spacial score (nSPS) is 14.4. The summed E-state index contributed by atoms with van der Waals surface area (Å²) in [6.07, 6.45) is 44.4. The van der Waals surface area contributed by atoms with Gasteiger partial charge in [-0.1, -0.05) is 139 Å². The molecule has 0 amide bonds. The SMILES string of the molecule is CCCCC/C=C/C/C=C/C/C=C/C/C=C/CCCC(=O)OC[C@H](COP(=O)(O)OC[C@H](N)C(=O)O)OC(=O)CCCCC/C=C/CCCCCCCCCC. The summed E-state index contributed by atoms with van der Waals surface area (Å²) < 4.78 is 32.6. The lowest BCUT2D eigenvalue weighted by Gasteiger charge is -2.20. The maximum Gasteiger partial charge on any atom is 0.472 e. The third-order valence-corrected chi connectivity index (χ3v) is 9.69. The number of allylic oxidation sites excluding steroid dienone is 10. The van der Waals surface area contributed by atoms with Gasteiger partial charge >= 0.3 is 25.7 Å². The van der Waals surface area contributed by atoms with Gasteiger partial charge in [-0.25, -0.2) is 4.57 Å². The number of carbonyl (C=O) groups is 3. The van der Waals surface area contributed by atoms with Crippen LogP contribution >= 0.6 is 7.82 Å². The van der Waals surface area contributed by atoms with Crippen LogP contribution in [-0.2, 0) is 37.5 Å². The molecule has 1 unspecified atom stereocenters. The van der Waals surface area contributed by atoms with E-state index >= 15 is 0 Å². The number of ether oxygens (including phenoxy) is 2. The van der Waals surface area contributed by atoms with Crippen molar-refractivity contribution in [2.75, 3.05) is 19.8 Å². The molecule has 0 saturated heterocycles. The number of aliphatic carboxylic acids is 1. The number of phosphoric acid groups is 1. The average Bonchev–Trinajstić information content (AvgIpc) is 3.17. The first-order chi connectivity index (χ1) is 27.1. The predicted octanol–water partition coefficient (Wildman–Crippen LogP) is 11.2. The van der Waals surface area contributed by atoms with E-state index in [0.717, 1.165) is 51.4 Å². The number of esters is 2. The summed E-state index contributed by atoms with van der Waals surface area (Å²) >= 11 is 0. The maximum atomic E-state index is 12.6. The quantitative estimate of drug-likeness (QED) is 0.0233. The zero-order valence-corrected chi connectivity index (χ0v) is 35.6. The van der Waals surface area contributed by atoms with Crippen LogP contribution in [0.4, 0.5) is 0 Å². The van der Waals surface area contributed by atoms with Crippen LogP contribution in [0.1, 0.15) is 168 Å². The van der Waals surface area contributed by atoms with Gasteiger partial charge in [0.25, 0.3) is 0 Å². The van der Waals surface area contributed by atoms with Gasteiger partial charge in [0, 0.05) is 12.8 Å². The van der Waals surface area contributed by atoms with Crippen LogP contribution in [0.15, 0.2) is 60.8 Å². The lowest BCUT2D eigenvalue weighted by molar-refractivity contribution is -0.161. The van der Waals surface area contributed by atoms with E-state index in [1.54, 1.807) is 0 Å². The molecule has 3 atom stereocenters. The van der Waals surface area contributed by atoms with Crippen LogP contribution in [0.5, 0.6) is 0 Å². The number of unbranched alkanes of at least 4 members (excludes halogenated alkanes) is 15. The molecule has 0 heterocycles. The van der Waals surface area contributed by atoms with Gasteiger partial charge < -0.3 is 25.2 Å². The van der Waals surface area contributed by atoms with E-state index < -0.39 is 51.1 Å². The molecule has 11 nitrogen and oxygen atoms in total. The van der Waals surface area contributed by atoms with E-state index in [2.05, 4.69) is 67.0 Å². The topological polar surface area (TPSA) is 172 Å². The van der Waals surface area contributed by atoms with Crippen molar-refractivity contribution in [1.29, 1.82) is 0 Å². The molecule has 0 aromatic rings. The van der Waals surface area contributed by atoms with E-state index in [4.69, 9.17) is 24.8 Å². The lowest BCUT2D eigenvalue weighted by Crippen LogP contribution is -2.34. The summed E-state index contributed by atoms with van der Waals surface area (Å²) in [6.45, 7) is 2.69. The minimum atomic E-state index is -4.73. The number of hydrogen-bond donors (Lipinski definition) is 3. The van der Waals surface area contributed by atoms with Crippen LogP contribution in [0.25, 0.3) is 0 Å². The standard InChI is InChI=1S/C44H76NO10P/c1-3-5-7-9-11-13-15-17-19-20-22-23-25-27-29-31-33-35-42(46)52-37-40(38-53-56(50,51)54-39-41(45)44(48)49)55-43(47)36-34-32-30-28-26-24-21-18-16-14-12-10-8-6-4-2/h11,13,17,19,22-24,26-27,29,40-41H,3-10,12,14-16,18,20-21,25,28,30-39,45H2,1-2H3,(H,48,49)(H,50,51)/b13-11+,19-17+,23-22+,26-24+,29-27+/t40-,41+/m1/s1. The molecule has 0 bridgehead atoms. The van der Waals surface area contributed by atoms with Crippen molar-refractivity contribution in [3.8, 4) is 0 Å². The fraction of sp³-hybridized carbons (Fsp3) is 0.705. The minimum absolute atomic E-state index is 0.127. The monoisotopic (exact) mass is 810 g/mol. The molecule has 0 aliphatic carbocycles. The second kappa shape index (κ2) is 39.0. The number of rotatable bonds is 39. The van der Waals surface area contributed by atoms with Crippen LogP contribution < -0.4 is 5.73 Å². The van der Waals surface area contributed by atoms with Gasteiger partial charge in [-0.3, -0.25) is 23.4 Å². The molecule has 0 rings (SSSR count). The van der Waals surface area contributed by atoms with Crippen LogP contribution in [0, 0.1) is 0 Å². The molecule has 0 aliphatic rings. The van der Waals surface area contributed by atoms with Crippen LogP contribution in [0.3, 0.4) is 0 Å². The molecule has 0 saturated carbocycles. The van der Waals surface area contributed by atoms with Gasteiger partial charge in [0.1, 0.15) is 12.6 Å². The summed E-state index contributed by atoms with van der Waals surface area (Å²) in [5, 5.41) is 8.88. The van der Waals surface area contributed by atoms with Crippen molar-refractivity contribution in [2.45, 2.75) is 180 Å². The predicted molar refractivity (Wildman–Crippen MR) is 226 cm³/mol. The van der Waals surface area contributed by atoms with E-state index in [1.807, 2.05) is 12.2 Å². The number of phosphoric ester groups is 1. The molecule has 0 radical (unpaired) electrons.